The van der Waals surface area contributed by atoms with E-state index in [0.717, 1.165) is 27.9 Å². The molecule has 0 fully saturated rings. The summed E-state index contributed by atoms with van der Waals surface area (Å²) in [6, 6.07) is 7.72. The van der Waals surface area contributed by atoms with E-state index in [1.807, 2.05) is 42.7 Å². The van der Waals surface area contributed by atoms with Crippen LogP contribution in [0.4, 0.5) is 0 Å². The molecule has 0 aliphatic carbocycles. The highest BCUT2D eigenvalue weighted by molar-refractivity contribution is 6.06. The molecule has 1 N–H and O–H groups in total. The summed E-state index contributed by atoms with van der Waals surface area (Å²) in [5, 5.41) is 3.86. The summed E-state index contributed by atoms with van der Waals surface area (Å²) in [6.07, 6.45) is 3.51. The van der Waals surface area contributed by atoms with Crippen molar-refractivity contribution in [2.24, 2.45) is 0 Å². The molecule has 0 spiro atoms. The number of nitrogens with one attached hydrogen (secondary N) is 1. The zero-order valence-electron chi connectivity index (χ0n) is 14.7. The van der Waals surface area contributed by atoms with Crippen molar-refractivity contribution >= 4 is 16.8 Å². The summed E-state index contributed by atoms with van der Waals surface area (Å²) in [5.41, 5.74) is 4.36. The second-order valence-electron chi connectivity index (χ2n) is 6.04. The van der Waals surface area contributed by atoms with Gasteiger partial charge in [-0.3, -0.25) is 9.78 Å². The van der Waals surface area contributed by atoms with Crippen LogP contribution in [-0.4, -0.2) is 34.2 Å². The standard InChI is InChI=1S/C19H22N4O2/c1-13-5-4-6-16-17(9-14(2)22-18(13)16)19(24)21-11-15-10-20-12-23(15)7-8-25-3/h4-6,9-10,12H,7-8,11H2,1-3H3,(H,21,24). The molecule has 6 nitrogen and oxygen atoms in total. The number of para-hydroxylation sites is 1. The first-order chi connectivity index (χ1) is 12.1. The van der Waals surface area contributed by atoms with Crippen LogP contribution < -0.4 is 5.32 Å². The van der Waals surface area contributed by atoms with E-state index in [1.54, 1.807) is 19.6 Å². The van der Waals surface area contributed by atoms with E-state index in [2.05, 4.69) is 15.3 Å². The van der Waals surface area contributed by atoms with E-state index < -0.39 is 0 Å². The highest BCUT2D eigenvalue weighted by atomic mass is 16.5. The Kier molecular flexibility index (Phi) is 5.09. The number of nitrogens with zero attached hydrogens (tertiary/aromatic N) is 3. The molecule has 2 heterocycles. The minimum Gasteiger partial charge on any atom is -0.383 e. The predicted octanol–water partition coefficient (Wildman–Crippen LogP) is 2.62. The molecular weight excluding hydrogens is 316 g/mol. The first-order valence-electron chi connectivity index (χ1n) is 8.23. The third-order valence-corrected chi connectivity index (χ3v) is 4.18. The van der Waals surface area contributed by atoms with E-state index in [9.17, 15) is 4.79 Å². The van der Waals surface area contributed by atoms with Crippen molar-refractivity contribution in [2.45, 2.75) is 26.9 Å². The Morgan fingerprint density at radius 2 is 2.16 bits per heavy atom. The fraction of sp³-hybridized carbons (Fsp3) is 0.316. The second-order valence-corrected chi connectivity index (χ2v) is 6.04. The average Bonchev–Trinajstić information content (AvgIpc) is 3.05. The van der Waals surface area contributed by atoms with Crippen molar-refractivity contribution in [3.8, 4) is 0 Å². The Balaban J connectivity index is 1.82. The highest BCUT2D eigenvalue weighted by Crippen LogP contribution is 2.21. The van der Waals surface area contributed by atoms with Gasteiger partial charge in [0.2, 0.25) is 0 Å². The molecule has 0 saturated carbocycles. The van der Waals surface area contributed by atoms with Gasteiger partial charge in [-0.25, -0.2) is 4.98 Å². The summed E-state index contributed by atoms with van der Waals surface area (Å²) >= 11 is 0. The largest absolute Gasteiger partial charge is 0.383 e. The van der Waals surface area contributed by atoms with Crippen LogP contribution in [-0.2, 0) is 17.8 Å². The molecule has 2 aromatic heterocycles. The van der Waals surface area contributed by atoms with Crippen LogP contribution in [0.15, 0.2) is 36.8 Å². The van der Waals surface area contributed by atoms with Crippen LogP contribution in [0.25, 0.3) is 10.9 Å². The smallest absolute Gasteiger partial charge is 0.252 e. The van der Waals surface area contributed by atoms with E-state index in [-0.39, 0.29) is 5.91 Å². The molecule has 130 valence electrons. The molecule has 3 rings (SSSR count). The predicted molar refractivity (Wildman–Crippen MR) is 96.5 cm³/mol. The summed E-state index contributed by atoms with van der Waals surface area (Å²) in [4.78, 5) is 21.5. The van der Waals surface area contributed by atoms with Crippen LogP contribution in [0, 0.1) is 13.8 Å². The van der Waals surface area contributed by atoms with Crippen molar-refractivity contribution in [1.29, 1.82) is 0 Å². The second kappa shape index (κ2) is 7.44. The van der Waals surface area contributed by atoms with Gasteiger partial charge in [0, 0.05) is 30.9 Å². The molecule has 0 saturated heterocycles. The average molecular weight is 338 g/mol. The molecule has 25 heavy (non-hydrogen) atoms. The quantitative estimate of drug-likeness (QED) is 0.750. The maximum Gasteiger partial charge on any atom is 0.252 e. The summed E-state index contributed by atoms with van der Waals surface area (Å²) in [7, 11) is 1.66. The number of carbonyl (C=O) groups is 1. The number of imidazole rings is 1. The topological polar surface area (TPSA) is 69.0 Å². The molecule has 0 unspecified atom stereocenters. The summed E-state index contributed by atoms with van der Waals surface area (Å²) < 4.78 is 7.07. The number of amides is 1. The minimum atomic E-state index is -0.111. The minimum absolute atomic E-state index is 0.111. The number of hydrogen-bond donors (Lipinski definition) is 1. The molecule has 0 bridgehead atoms. The Bertz CT molecular complexity index is 902. The number of aromatic nitrogens is 3. The van der Waals surface area contributed by atoms with Crippen LogP contribution in [0.3, 0.4) is 0 Å². The molecule has 0 radical (unpaired) electrons. The van der Waals surface area contributed by atoms with E-state index in [1.165, 1.54) is 0 Å². The fourth-order valence-corrected chi connectivity index (χ4v) is 2.86. The van der Waals surface area contributed by atoms with Gasteiger partial charge in [-0.2, -0.15) is 0 Å². The SMILES string of the molecule is COCCn1cncc1CNC(=O)c1cc(C)nc2c(C)cccc12. The fourth-order valence-electron chi connectivity index (χ4n) is 2.86. The van der Waals surface area contributed by atoms with Crippen molar-refractivity contribution in [2.75, 3.05) is 13.7 Å². The van der Waals surface area contributed by atoms with Crippen molar-refractivity contribution < 1.29 is 9.53 Å². The van der Waals surface area contributed by atoms with E-state index in [4.69, 9.17) is 4.74 Å². The van der Waals surface area contributed by atoms with E-state index >= 15 is 0 Å². The number of benzene rings is 1. The Hall–Kier alpha value is -2.73. The molecule has 6 heteroatoms. The van der Waals surface area contributed by atoms with E-state index in [0.29, 0.717) is 25.3 Å². The van der Waals surface area contributed by atoms with Gasteiger partial charge in [0.25, 0.3) is 5.91 Å². The molecule has 0 aliphatic heterocycles. The number of rotatable bonds is 6. The van der Waals surface area contributed by atoms with Gasteiger partial charge in [0.1, 0.15) is 0 Å². The lowest BCUT2D eigenvalue weighted by atomic mass is 10.0. The lowest BCUT2D eigenvalue weighted by Gasteiger charge is -2.11. The normalized spacial score (nSPS) is 11.0. The first-order valence-corrected chi connectivity index (χ1v) is 8.23. The lowest BCUT2D eigenvalue weighted by Crippen LogP contribution is -2.25. The zero-order valence-corrected chi connectivity index (χ0v) is 14.7. The van der Waals surface area contributed by atoms with Gasteiger partial charge in [-0.05, 0) is 25.5 Å². The van der Waals surface area contributed by atoms with Crippen LogP contribution in [0.5, 0.6) is 0 Å². The van der Waals surface area contributed by atoms with Crippen LogP contribution in [0.2, 0.25) is 0 Å². The lowest BCUT2D eigenvalue weighted by molar-refractivity contribution is 0.0951. The molecule has 1 amide bonds. The third kappa shape index (κ3) is 3.69. The third-order valence-electron chi connectivity index (χ3n) is 4.18. The number of ether oxygens (including phenoxy) is 1. The molecule has 0 aliphatic rings. The first kappa shape index (κ1) is 17.1. The van der Waals surface area contributed by atoms with Crippen molar-refractivity contribution in [1.82, 2.24) is 19.9 Å². The van der Waals surface area contributed by atoms with Crippen molar-refractivity contribution in [3.63, 3.8) is 0 Å². The van der Waals surface area contributed by atoms with Crippen LogP contribution >= 0.6 is 0 Å². The Labute approximate surface area is 146 Å². The van der Waals surface area contributed by atoms with Gasteiger partial charge in [0.05, 0.1) is 36.3 Å². The van der Waals surface area contributed by atoms with Gasteiger partial charge in [-0.1, -0.05) is 18.2 Å². The molecule has 3 aromatic rings. The monoisotopic (exact) mass is 338 g/mol. The Morgan fingerprint density at radius 3 is 2.96 bits per heavy atom. The van der Waals surface area contributed by atoms with Gasteiger partial charge >= 0.3 is 0 Å². The van der Waals surface area contributed by atoms with Crippen LogP contribution in [0.1, 0.15) is 27.3 Å². The Morgan fingerprint density at radius 1 is 1.32 bits per heavy atom. The maximum absolute atomic E-state index is 12.7. The number of pyridine rings is 1. The summed E-state index contributed by atoms with van der Waals surface area (Å²) in [5.74, 6) is -0.111. The maximum atomic E-state index is 12.7. The number of carbonyl (C=O) groups excluding carboxylic acids is 1. The number of fused-ring (bicyclic) bond motifs is 1. The van der Waals surface area contributed by atoms with Crippen molar-refractivity contribution in [3.05, 3.63) is 59.3 Å². The molecular formula is C19H22N4O2. The number of methoxy groups -OCH3 is 1. The zero-order chi connectivity index (χ0) is 17.8. The number of hydrogen-bond acceptors (Lipinski definition) is 4. The summed E-state index contributed by atoms with van der Waals surface area (Å²) in [6.45, 7) is 5.63. The van der Waals surface area contributed by atoms with Gasteiger partial charge in [-0.15, -0.1) is 0 Å². The number of aryl methyl sites for hydroxylation is 2. The highest BCUT2D eigenvalue weighted by Gasteiger charge is 2.13. The molecule has 1 aromatic carbocycles. The van der Waals surface area contributed by atoms with Gasteiger partial charge in [0.15, 0.2) is 0 Å². The molecule has 0 atom stereocenters. The van der Waals surface area contributed by atoms with Gasteiger partial charge < -0.3 is 14.6 Å².